The first kappa shape index (κ1) is 14.8. The molecule has 0 aliphatic heterocycles. The van der Waals surface area contributed by atoms with Crippen LogP contribution in [-0.4, -0.2) is 8.42 Å². The quantitative estimate of drug-likeness (QED) is 0.777. The number of sulfonamides is 1. The third-order valence-electron chi connectivity index (χ3n) is 2.28. The Hall–Kier alpha value is -0.560. The van der Waals surface area contributed by atoms with Gasteiger partial charge in [0.25, 0.3) is 10.0 Å². The van der Waals surface area contributed by atoms with E-state index in [2.05, 4.69) is 36.6 Å². The smallest absolute Gasteiger partial charge is 0.261 e. The van der Waals surface area contributed by atoms with Gasteiger partial charge in [-0.3, -0.25) is 4.72 Å². The Morgan fingerprint density at radius 3 is 2.42 bits per heavy atom. The van der Waals surface area contributed by atoms with Crippen LogP contribution < -0.4 is 4.72 Å². The number of benzene rings is 2. The SMILES string of the molecule is O=S(=O)(Nc1cccc(Br)c1)c1ccc(Cl)c(Br)c1. The second-order valence-electron chi connectivity index (χ2n) is 3.69. The van der Waals surface area contributed by atoms with Crippen LogP contribution in [0.3, 0.4) is 0 Å². The Morgan fingerprint density at radius 1 is 1.05 bits per heavy atom. The summed E-state index contributed by atoms with van der Waals surface area (Å²) >= 11 is 12.3. The van der Waals surface area contributed by atoms with Crippen LogP contribution in [0.15, 0.2) is 56.3 Å². The highest BCUT2D eigenvalue weighted by Crippen LogP contribution is 2.26. The molecule has 0 fully saturated rings. The molecule has 0 atom stereocenters. The maximum absolute atomic E-state index is 12.2. The standard InChI is InChI=1S/C12H8Br2ClNO2S/c13-8-2-1-3-9(6-8)16-19(17,18)10-4-5-12(15)11(14)7-10/h1-7,16H. The molecule has 1 N–H and O–H groups in total. The molecule has 0 radical (unpaired) electrons. The first-order valence-corrected chi connectivity index (χ1v) is 8.57. The minimum atomic E-state index is -3.63. The first-order chi connectivity index (χ1) is 8.88. The molecule has 0 bridgehead atoms. The van der Waals surface area contributed by atoms with E-state index in [0.29, 0.717) is 15.2 Å². The van der Waals surface area contributed by atoms with Gasteiger partial charge in [0.2, 0.25) is 0 Å². The molecule has 7 heteroatoms. The summed E-state index contributed by atoms with van der Waals surface area (Å²) in [5.41, 5.74) is 0.487. The van der Waals surface area contributed by atoms with E-state index in [1.54, 1.807) is 18.2 Å². The van der Waals surface area contributed by atoms with Gasteiger partial charge in [-0.15, -0.1) is 0 Å². The van der Waals surface area contributed by atoms with E-state index < -0.39 is 10.0 Å². The van der Waals surface area contributed by atoms with Crippen molar-refractivity contribution in [2.75, 3.05) is 4.72 Å². The van der Waals surface area contributed by atoms with Gasteiger partial charge >= 0.3 is 0 Å². The Bertz CT molecular complexity index is 719. The van der Waals surface area contributed by atoms with Crippen LogP contribution in [-0.2, 0) is 10.0 Å². The molecule has 0 saturated heterocycles. The molecule has 0 aliphatic rings. The van der Waals surface area contributed by atoms with E-state index in [4.69, 9.17) is 11.6 Å². The predicted molar refractivity (Wildman–Crippen MR) is 84.1 cm³/mol. The molecule has 2 aromatic carbocycles. The Labute approximate surface area is 133 Å². The number of hydrogen-bond acceptors (Lipinski definition) is 2. The van der Waals surface area contributed by atoms with Crippen LogP contribution in [0.25, 0.3) is 0 Å². The molecule has 3 nitrogen and oxygen atoms in total. The zero-order valence-corrected chi connectivity index (χ0v) is 14.1. The summed E-state index contributed by atoms with van der Waals surface area (Å²) < 4.78 is 28.2. The summed E-state index contributed by atoms with van der Waals surface area (Å²) in [6.07, 6.45) is 0. The first-order valence-electron chi connectivity index (χ1n) is 5.12. The molecule has 0 aromatic heterocycles. The summed E-state index contributed by atoms with van der Waals surface area (Å²) in [5.74, 6) is 0. The fourth-order valence-electron chi connectivity index (χ4n) is 1.41. The third kappa shape index (κ3) is 3.72. The lowest BCUT2D eigenvalue weighted by molar-refractivity contribution is 0.601. The highest BCUT2D eigenvalue weighted by atomic mass is 79.9. The van der Waals surface area contributed by atoms with Gasteiger partial charge in [0.1, 0.15) is 0 Å². The van der Waals surface area contributed by atoms with Crippen LogP contribution in [0.2, 0.25) is 5.02 Å². The molecule has 0 amide bonds. The summed E-state index contributed by atoms with van der Waals surface area (Å²) in [7, 11) is -3.63. The number of hydrogen-bond donors (Lipinski definition) is 1. The number of anilines is 1. The van der Waals surface area contributed by atoms with E-state index in [9.17, 15) is 8.42 Å². The van der Waals surface area contributed by atoms with Crippen molar-refractivity contribution in [2.24, 2.45) is 0 Å². The lowest BCUT2D eigenvalue weighted by Crippen LogP contribution is -2.12. The summed E-state index contributed by atoms with van der Waals surface area (Å²) in [6, 6.07) is 11.4. The van der Waals surface area contributed by atoms with E-state index in [1.165, 1.54) is 18.2 Å². The van der Waals surface area contributed by atoms with Gasteiger partial charge in [-0.05, 0) is 52.3 Å². The second kappa shape index (κ2) is 5.83. The van der Waals surface area contributed by atoms with Crippen LogP contribution in [0.5, 0.6) is 0 Å². The Morgan fingerprint density at radius 2 is 1.79 bits per heavy atom. The van der Waals surface area contributed by atoms with Gasteiger partial charge in [0.05, 0.1) is 9.92 Å². The van der Waals surface area contributed by atoms with Crippen LogP contribution in [0.1, 0.15) is 0 Å². The van der Waals surface area contributed by atoms with Crippen LogP contribution in [0, 0.1) is 0 Å². The topological polar surface area (TPSA) is 46.2 Å². The molecule has 2 aromatic rings. The van der Waals surface area contributed by atoms with Gasteiger partial charge in [0.15, 0.2) is 0 Å². The molecular formula is C12H8Br2ClNO2S. The number of halogens is 3. The minimum Gasteiger partial charge on any atom is -0.280 e. The molecule has 0 unspecified atom stereocenters. The van der Waals surface area contributed by atoms with Crippen molar-refractivity contribution < 1.29 is 8.42 Å². The lowest BCUT2D eigenvalue weighted by atomic mass is 10.3. The number of rotatable bonds is 3. The van der Waals surface area contributed by atoms with Crippen molar-refractivity contribution in [3.05, 3.63) is 56.4 Å². The summed E-state index contributed by atoms with van der Waals surface area (Å²) in [6.45, 7) is 0. The Balaban J connectivity index is 2.35. The molecular weight excluding hydrogens is 417 g/mol. The highest BCUT2D eigenvalue weighted by molar-refractivity contribution is 9.10. The predicted octanol–water partition coefficient (Wildman–Crippen LogP) is 4.67. The van der Waals surface area contributed by atoms with Gasteiger partial charge in [-0.1, -0.05) is 33.6 Å². The largest absolute Gasteiger partial charge is 0.280 e. The summed E-state index contributed by atoms with van der Waals surface area (Å²) in [5, 5.41) is 0.460. The molecule has 19 heavy (non-hydrogen) atoms. The normalized spacial score (nSPS) is 11.3. The van der Waals surface area contributed by atoms with Crippen molar-refractivity contribution >= 4 is 59.2 Å². The van der Waals surface area contributed by atoms with E-state index in [-0.39, 0.29) is 4.90 Å². The molecule has 0 heterocycles. The average molecular weight is 426 g/mol. The Kier molecular flexibility index (Phi) is 4.55. The van der Waals surface area contributed by atoms with E-state index in [0.717, 1.165) is 4.47 Å². The fraction of sp³-hybridized carbons (Fsp3) is 0. The maximum Gasteiger partial charge on any atom is 0.261 e. The van der Waals surface area contributed by atoms with Crippen molar-refractivity contribution in [3.8, 4) is 0 Å². The zero-order valence-electron chi connectivity index (χ0n) is 9.40. The van der Waals surface area contributed by atoms with Gasteiger partial charge in [0, 0.05) is 14.6 Å². The molecule has 0 spiro atoms. The van der Waals surface area contributed by atoms with Gasteiger partial charge < -0.3 is 0 Å². The molecule has 100 valence electrons. The van der Waals surface area contributed by atoms with Crippen LogP contribution >= 0.6 is 43.5 Å². The van der Waals surface area contributed by atoms with E-state index in [1.807, 2.05) is 6.07 Å². The van der Waals surface area contributed by atoms with Crippen molar-refractivity contribution in [3.63, 3.8) is 0 Å². The van der Waals surface area contributed by atoms with Crippen molar-refractivity contribution in [1.82, 2.24) is 0 Å². The maximum atomic E-state index is 12.2. The fourth-order valence-corrected chi connectivity index (χ4v) is 3.53. The summed E-state index contributed by atoms with van der Waals surface area (Å²) in [4.78, 5) is 0.142. The third-order valence-corrected chi connectivity index (χ3v) is 5.36. The van der Waals surface area contributed by atoms with Gasteiger partial charge in [-0.2, -0.15) is 0 Å². The molecule has 0 saturated carbocycles. The minimum absolute atomic E-state index is 0.142. The zero-order chi connectivity index (χ0) is 14.0. The monoisotopic (exact) mass is 423 g/mol. The second-order valence-corrected chi connectivity index (χ2v) is 7.55. The van der Waals surface area contributed by atoms with Crippen molar-refractivity contribution in [2.45, 2.75) is 4.90 Å². The number of nitrogens with one attached hydrogen (secondary N) is 1. The molecule has 2 rings (SSSR count). The van der Waals surface area contributed by atoms with Crippen LogP contribution in [0.4, 0.5) is 5.69 Å². The van der Waals surface area contributed by atoms with Crippen molar-refractivity contribution in [1.29, 1.82) is 0 Å². The lowest BCUT2D eigenvalue weighted by Gasteiger charge is -2.09. The highest BCUT2D eigenvalue weighted by Gasteiger charge is 2.15. The average Bonchev–Trinajstić information content (AvgIpc) is 2.32. The van der Waals surface area contributed by atoms with E-state index >= 15 is 0 Å². The van der Waals surface area contributed by atoms with Gasteiger partial charge in [-0.25, -0.2) is 8.42 Å². The molecule has 0 aliphatic carbocycles.